The Morgan fingerprint density at radius 3 is 2.64 bits per heavy atom. The maximum Gasteiger partial charge on any atom is 0.261 e. The normalized spacial score (nSPS) is 18.2. The minimum absolute atomic E-state index is 0.142. The first-order valence-corrected chi connectivity index (χ1v) is 10.0. The van der Waals surface area contributed by atoms with Gasteiger partial charge in [-0.15, -0.1) is 0 Å². The SMILES string of the molecule is COC1CCCN(c2ccc(NS(=O)(=O)c3cccc(Cl)c3)cc2)C1. The molecule has 2 aromatic carbocycles. The third-order valence-corrected chi connectivity index (χ3v) is 5.92. The first-order chi connectivity index (χ1) is 12.0. The summed E-state index contributed by atoms with van der Waals surface area (Å²) < 4.78 is 32.9. The van der Waals surface area contributed by atoms with E-state index >= 15 is 0 Å². The van der Waals surface area contributed by atoms with E-state index in [2.05, 4.69) is 9.62 Å². The van der Waals surface area contributed by atoms with Crippen LogP contribution in [0.3, 0.4) is 0 Å². The Hall–Kier alpha value is -1.76. The number of anilines is 2. The van der Waals surface area contributed by atoms with Gasteiger partial charge in [0.1, 0.15) is 0 Å². The highest BCUT2D eigenvalue weighted by molar-refractivity contribution is 7.92. The number of halogens is 1. The second-order valence-electron chi connectivity index (χ2n) is 6.06. The van der Waals surface area contributed by atoms with Gasteiger partial charge in [-0.2, -0.15) is 0 Å². The molecule has 134 valence electrons. The van der Waals surface area contributed by atoms with Crippen molar-refractivity contribution in [3.8, 4) is 0 Å². The standard InChI is InChI=1S/C18H21ClN2O3S/c1-24-17-5-3-11-21(13-17)16-9-7-15(8-10-16)20-25(22,23)18-6-2-4-14(19)12-18/h2,4,6-10,12,17,20H,3,5,11,13H2,1H3. The summed E-state index contributed by atoms with van der Waals surface area (Å²) in [6.07, 6.45) is 2.40. The zero-order chi connectivity index (χ0) is 17.9. The molecule has 7 heteroatoms. The molecule has 1 fully saturated rings. The van der Waals surface area contributed by atoms with Crippen LogP contribution in [-0.2, 0) is 14.8 Å². The Morgan fingerprint density at radius 1 is 1.20 bits per heavy atom. The lowest BCUT2D eigenvalue weighted by molar-refractivity contribution is 0.0893. The number of ether oxygens (including phenoxy) is 1. The van der Waals surface area contributed by atoms with Crippen molar-refractivity contribution in [2.24, 2.45) is 0 Å². The summed E-state index contributed by atoms with van der Waals surface area (Å²) >= 11 is 5.88. The fraction of sp³-hybridized carbons (Fsp3) is 0.333. The van der Waals surface area contributed by atoms with Crippen LogP contribution in [0.1, 0.15) is 12.8 Å². The summed E-state index contributed by atoms with van der Waals surface area (Å²) in [5.74, 6) is 0. The monoisotopic (exact) mass is 380 g/mol. The van der Waals surface area contributed by atoms with Crippen LogP contribution in [0.2, 0.25) is 5.02 Å². The van der Waals surface area contributed by atoms with E-state index in [9.17, 15) is 8.42 Å². The Bertz CT molecular complexity index is 824. The van der Waals surface area contributed by atoms with E-state index in [4.69, 9.17) is 16.3 Å². The number of sulfonamides is 1. The highest BCUT2D eigenvalue weighted by Gasteiger charge is 2.20. The van der Waals surface area contributed by atoms with Gasteiger partial charge in [-0.3, -0.25) is 4.72 Å². The van der Waals surface area contributed by atoms with E-state index < -0.39 is 10.0 Å². The van der Waals surface area contributed by atoms with Crippen LogP contribution < -0.4 is 9.62 Å². The number of piperidine rings is 1. The Kier molecular flexibility index (Phi) is 5.51. The highest BCUT2D eigenvalue weighted by atomic mass is 35.5. The third kappa shape index (κ3) is 4.45. The number of rotatable bonds is 5. The van der Waals surface area contributed by atoms with E-state index in [-0.39, 0.29) is 11.0 Å². The maximum absolute atomic E-state index is 12.4. The smallest absolute Gasteiger partial charge is 0.261 e. The van der Waals surface area contributed by atoms with Crippen LogP contribution >= 0.6 is 11.6 Å². The molecule has 0 spiro atoms. The lowest BCUT2D eigenvalue weighted by atomic mass is 10.1. The van der Waals surface area contributed by atoms with Gasteiger partial charge in [0.15, 0.2) is 0 Å². The lowest BCUT2D eigenvalue weighted by Gasteiger charge is -2.33. The molecule has 1 aliphatic heterocycles. The zero-order valence-electron chi connectivity index (χ0n) is 14.0. The fourth-order valence-electron chi connectivity index (χ4n) is 2.95. The Morgan fingerprint density at radius 2 is 1.96 bits per heavy atom. The molecule has 1 N–H and O–H groups in total. The molecule has 0 bridgehead atoms. The van der Waals surface area contributed by atoms with E-state index in [1.807, 2.05) is 12.1 Å². The molecule has 0 amide bonds. The van der Waals surface area contributed by atoms with Gasteiger partial charge in [0.25, 0.3) is 10.0 Å². The molecule has 2 aromatic rings. The van der Waals surface area contributed by atoms with Gasteiger partial charge in [0, 0.05) is 36.6 Å². The number of benzene rings is 2. The van der Waals surface area contributed by atoms with Crippen LogP contribution in [0.25, 0.3) is 0 Å². The van der Waals surface area contributed by atoms with E-state index in [0.29, 0.717) is 10.7 Å². The highest BCUT2D eigenvalue weighted by Crippen LogP contribution is 2.24. The van der Waals surface area contributed by atoms with Crippen molar-refractivity contribution >= 4 is 33.0 Å². The fourth-order valence-corrected chi connectivity index (χ4v) is 4.31. The van der Waals surface area contributed by atoms with E-state index in [1.165, 1.54) is 12.1 Å². The maximum atomic E-state index is 12.4. The number of hydrogen-bond donors (Lipinski definition) is 1. The first-order valence-electron chi connectivity index (χ1n) is 8.14. The minimum atomic E-state index is -3.65. The average molecular weight is 381 g/mol. The van der Waals surface area contributed by atoms with Gasteiger partial charge >= 0.3 is 0 Å². The molecule has 0 saturated carbocycles. The largest absolute Gasteiger partial charge is 0.380 e. The summed E-state index contributed by atoms with van der Waals surface area (Å²) in [7, 11) is -1.92. The van der Waals surface area contributed by atoms with Gasteiger partial charge in [-0.05, 0) is 55.3 Å². The molecular formula is C18H21ClN2O3S. The van der Waals surface area contributed by atoms with Gasteiger partial charge in [-0.1, -0.05) is 17.7 Å². The third-order valence-electron chi connectivity index (χ3n) is 4.30. The topological polar surface area (TPSA) is 58.6 Å². The molecular weight excluding hydrogens is 360 g/mol. The summed E-state index contributed by atoms with van der Waals surface area (Å²) in [6.45, 7) is 1.83. The lowest BCUT2D eigenvalue weighted by Crippen LogP contribution is -2.39. The first kappa shape index (κ1) is 18.0. The molecule has 1 aliphatic rings. The van der Waals surface area contributed by atoms with E-state index in [1.54, 1.807) is 31.4 Å². The second kappa shape index (κ2) is 7.64. The number of nitrogens with one attached hydrogen (secondary N) is 1. The van der Waals surface area contributed by atoms with Crippen LogP contribution in [0, 0.1) is 0 Å². The number of methoxy groups -OCH3 is 1. The van der Waals surface area contributed by atoms with Crippen molar-refractivity contribution in [1.82, 2.24) is 0 Å². The quantitative estimate of drug-likeness (QED) is 0.858. The second-order valence-corrected chi connectivity index (χ2v) is 8.17. The molecule has 1 unspecified atom stereocenters. The number of nitrogens with zero attached hydrogens (tertiary/aromatic N) is 1. The Balaban J connectivity index is 1.72. The van der Waals surface area contributed by atoms with Crippen LogP contribution in [0.5, 0.6) is 0 Å². The van der Waals surface area contributed by atoms with Crippen molar-refractivity contribution in [2.75, 3.05) is 29.8 Å². The molecule has 1 atom stereocenters. The summed E-state index contributed by atoms with van der Waals surface area (Å²) in [5, 5.41) is 0.385. The van der Waals surface area contributed by atoms with Crippen molar-refractivity contribution in [3.05, 3.63) is 53.6 Å². The summed E-state index contributed by atoms with van der Waals surface area (Å²) in [6, 6.07) is 13.6. The van der Waals surface area contributed by atoms with Crippen molar-refractivity contribution in [1.29, 1.82) is 0 Å². The van der Waals surface area contributed by atoms with Crippen LogP contribution in [0.4, 0.5) is 11.4 Å². The molecule has 0 radical (unpaired) electrons. The van der Waals surface area contributed by atoms with Crippen molar-refractivity contribution in [2.45, 2.75) is 23.8 Å². The molecule has 0 aliphatic carbocycles. The van der Waals surface area contributed by atoms with Gasteiger partial charge < -0.3 is 9.64 Å². The molecule has 1 heterocycles. The molecule has 25 heavy (non-hydrogen) atoms. The molecule has 0 aromatic heterocycles. The average Bonchev–Trinajstić information content (AvgIpc) is 2.62. The zero-order valence-corrected chi connectivity index (χ0v) is 15.6. The van der Waals surface area contributed by atoms with Crippen LogP contribution in [0.15, 0.2) is 53.4 Å². The van der Waals surface area contributed by atoms with Gasteiger partial charge in [0.05, 0.1) is 11.0 Å². The van der Waals surface area contributed by atoms with Crippen LogP contribution in [-0.4, -0.2) is 34.7 Å². The molecule has 3 rings (SSSR count). The molecule has 1 saturated heterocycles. The van der Waals surface area contributed by atoms with Gasteiger partial charge in [-0.25, -0.2) is 8.42 Å². The van der Waals surface area contributed by atoms with Gasteiger partial charge in [0.2, 0.25) is 0 Å². The Labute approximate surface area is 153 Å². The van der Waals surface area contributed by atoms with Crippen molar-refractivity contribution in [3.63, 3.8) is 0 Å². The van der Waals surface area contributed by atoms with Crippen molar-refractivity contribution < 1.29 is 13.2 Å². The minimum Gasteiger partial charge on any atom is -0.380 e. The molecule has 5 nitrogen and oxygen atoms in total. The predicted molar refractivity (Wildman–Crippen MR) is 101 cm³/mol. The summed E-state index contributed by atoms with van der Waals surface area (Å²) in [4.78, 5) is 2.40. The summed E-state index contributed by atoms with van der Waals surface area (Å²) in [5.41, 5.74) is 1.58. The van der Waals surface area contributed by atoms with E-state index in [0.717, 1.165) is 31.6 Å². The predicted octanol–water partition coefficient (Wildman–Crippen LogP) is 3.76. The number of hydrogen-bond acceptors (Lipinski definition) is 4.